The summed E-state index contributed by atoms with van der Waals surface area (Å²) < 4.78 is 11.2. The van der Waals surface area contributed by atoms with Gasteiger partial charge in [0.2, 0.25) is 0 Å². The van der Waals surface area contributed by atoms with Gasteiger partial charge in [0.1, 0.15) is 12.4 Å². The second kappa shape index (κ2) is 8.96. The van der Waals surface area contributed by atoms with Gasteiger partial charge in [0, 0.05) is 18.7 Å². The third-order valence-corrected chi connectivity index (χ3v) is 3.95. The van der Waals surface area contributed by atoms with Gasteiger partial charge in [-0.2, -0.15) is 5.10 Å². The Morgan fingerprint density at radius 2 is 1.75 bits per heavy atom. The minimum Gasteiger partial charge on any atom is -0.454 e. The summed E-state index contributed by atoms with van der Waals surface area (Å²) in [7, 11) is 1.38. The van der Waals surface area contributed by atoms with Gasteiger partial charge in [-0.05, 0) is 19.1 Å². The van der Waals surface area contributed by atoms with Crippen LogP contribution in [0.25, 0.3) is 16.9 Å². The second-order valence-corrected chi connectivity index (χ2v) is 6.17. The van der Waals surface area contributed by atoms with Crippen LogP contribution in [0.4, 0.5) is 5.82 Å². The van der Waals surface area contributed by atoms with Gasteiger partial charge in [-0.1, -0.05) is 48.0 Å². The first-order chi connectivity index (χ1) is 13.6. The van der Waals surface area contributed by atoms with Gasteiger partial charge in [0.25, 0.3) is 5.91 Å². The van der Waals surface area contributed by atoms with Gasteiger partial charge < -0.3 is 14.8 Å². The number of hydrogen-bond acceptors (Lipinski definition) is 5. The van der Waals surface area contributed by atoms with Crippen LogP contribution in [-0.2, 0) is 19.1 Å². The molecule has 0 radical (unpaired) electrons. The lowest BCUT2D eigenvalue weighted by atomic mass is 10.1. The first-order valence-corrected chi connectivity index (χ1v) is 8.74. The van der Waals surface area contributed by atoms with E-state index in [9.17, 15) is 9.59 Å². The van der Waals surface area contributed by atoms with E-state index in [1.165, 1.54) is 7.11 Å². The summed E-state index contributed by atoms with van der Waals surface area (Å²) in [5, 5.41) is 7.38. The number of nitrogens with one attached hydrogen (secondary N) is 1. The number of esters is 1. The number of para-hydroxylation sites is 1. The second-order valence-electron chi connectivity index (χ2n) is 6.17. The van der Waals surface area contributed by atoms with Crippen LogP contribution in [-0.4, -0.2) is 42.0 Å². The topological polar surface area (TPSA) is 82.4 Å². The zero-order valence-corrected chi connectivity index (χ0v) is 15.7. The summed E-state index contributed by atoms with van der Waals surface area (Å²) in [6, 6.07) is 19.2. The summed E-state index contributed by atoms with van der Waals surface area (Å²) in [5.41, 5.74) is 3.60. The average molecular weight is 379 g/mol. The number of hydrogen-bond donors (Lipinski definition) is 1. The fourth-order valence-electron chi connectivity index (χ4n) is 2.59. The average Bonchev–Trinajstić information content (AvgIpc) is 3.11. The fourth-order valence-corrected chi connectivity index (χ4v) is 2.59. The highest BCUT2D eigenvalue weighted by atomic mass is 16.6. The van der Waals surface area contributed by atoms with Crippen molar-refractivity contribution in [3.05, 3.63) is 66.2 Å². The van der Waals surface area contributed by atoms with Crippen LogP contribution in [0.5, 0.6) is 0 Å². The zero-order chi connectivity index (χ0) is 19.9. The predicted octanol–water partition coefficient (Wildman–Crippen LogP) is 2.98. The van der Waals surface area contributed by atoms with E-state index in [0.717, 1.165) is 22.5 Å². The summed E-state index contributed by atoms with van der Waals surface area (Å²) in [4.78, 5) is 23.6. The highest BCUT2D eigenvalue weighted by Crippen LogP contribution is 2.25. The van der Waals surface area contributed by atoms with E-state index in [2.05, 4.69) is 15.2 Å². The number of methoxy groups -OCH3 is 1. The number of amides is 1. The number of carbonyl (C=O) groups excluding carboxylic acids is 2. The number of rotatable bonds is 7. The summed E-state index contributed by atoms with van der Waals surface area (Å²) in [5.74, 6) is -0.582. The lowest BCUT2D eigenvalue weighted by molar-refractivity contribution is -0.150. The largest absolute Gasteiger partial charge is 0.454 e. The Hall–Kier alpha value is -3.45. The van der Waals surface area contributed by atoms with Crippen LogP contribution < -0.4 is 5.32 Å². The highest BCUT2D eigenvalue weighted by Gasteiger charge is 2.15. The molecule has 2 aromatic carbocycles. The SMILES string of the molecule is COCC(=O)OCC(=O)Nc1cc(-c2ccc(C)cc2)nn1-c1ccccc1. The lowest BCUT2D eigenvalue weighted by Crippen LogP contribution is -2.23. The lowest BCUT2D eigenvalue weighted by Gasteiger charge is -2.09. The highest BCUT2D eigenvalue weighted by molar-refractivity contribution is 5.93. The molecule has 1 amide bonds. The minimum atomic E-state index is -0.602. The minimum absolute atomic E-state index is 0.202. The van der Waals surface area contributed by atoms with Crippen molar-refractivity contribution in [3.8, 4) is 16.9 Å². The Bertz CT molecular complexity index is 950. The Labute approximate surface area is 162 Å². The van der Waals surface area contributed by atoms with E-state index in [-0.39, 0.29) is 6.61 Å². The van der Waals surface area contributed by atoms with E-state index in [1.807, 2.05) is 61.5 Å². The Kier molecular flexibility index (Phi) is 6.18. The molecule has 1 heterocycles. The van der Waals surface area contributed by atoms with Crippen molar-refractivity contribution >= 4 is 17.7 Å². The van der Waals surface area contributed by atoms with Gasteiger partial charge in [-0.3, -0.25) is 4.79 Å². The Morgan fingerprint density at radius 1 is 1.04 bits per heavy atom. The molecule has 0 aliphatic rings. The van der Waals surface area contributed by atoms with Crippen LogP contribution in [0.3, 0.4) is 0 Å². The third-order valence-electron chi connectivity index (χ3n) is 3.95. The van der Waals surface area contributed by atoms with Crippen molar-refractivity contribution in [2.75, 3.05) is 25.6 Å². The number of benzene rings is 2. The normalized spacial score (nSPS) is 10.5. The summed E-state index contributed by atoms with van der Waals surface area (Å²) in [6.07, 6.45) is 0. The molecule has 0 bridgehead atoms. The van der Waals surface area contributed by atoms with Crippen molar-refractivity contribution in [2.24, 2.45) is 0 Å². The van der Waals surface area contributed by atoms with Crippen LogP contribution in [0.1, 0.15) is 5.56 Å². The molecule has 1 N–H and O–H groups in total. The van der Waals surface area contributed by atoms with Gasteiger partial charge in [0.15, 0.2) is 6.61 Å². The van der Waals surface area contributed by atoms with Gasteiger partial charge in [0.05, 0.1) is 11.4 Å². The fraction of sp³-hybridized carbons (Fsp3) is 0.190. The summed E-state index contributed by atoms with van der Waals surface area (Å²) >= 11 is 0. The van der Waals surface area contributed by atoms with Crippen LogP contribution in [0, 0.1) is 6.92 Å². The smallest absolute Gasteiger partial charge is 0.332 e. The van der Waals surface area contributed by atoms with E-state index < -0.39 is 18.5 Å². The van der Waals surface area contributed by atoms with Crippen molar-refractivity contribution in [2.45, 2.75) is 6.92 Å². The molecule has 7 heteroatoms. The van der Waals surface area contributed by atoms with Crippen molar-refractivity contribution < 1.29 is 19.1 Å². The van der Waals surface area contributed by atoms with Crippen LogP contribution in [0.2, 0.25) is 0 Å². The van der Waals surface area contributed by atoms with Gasteiger partial charge >= 0.3 is 5.97 Å². The molecule has 3 aromatic rings. The molecule has 0 fully saturated rings. The Morgan fingerprint density at radius 3 is 2.43 bits per heavy atom. The standard InChI is InChI=1S/C21H21N3O4/c1-15-8-10-16(11-9-15)18-12-19(22-20(25)13-28-21(26)14-27-2)24(23-18)17-6-4-3-5-7-17/h3-12H,13-14H2,1-2H3,(H,22,25). The van der Waals surface area contributed by atoms with Crippen LogP contribution in [0.15, 0.2) is 60.7 Å². The molecular weight excluding hydrogens is 358 g/mol. The molecule has 0 spiro atoms. The van der Waals surface area contributed by atoms with E-state index in [1.54, 1.807) is 10.7 Å². The van der Waals surface area contributed by atoms with E-state index in [0.29, 0.717) is 5.82 Å². The van der Waals surface area contributed by atoms with Crippen LogP contribution >= 0.6 is 0 Å². The zero-order valence-electron chi connectivity index (χ0n) is 15.7. The number of anilines is 1. The number of aromatic nitrogens is 2. The van der Waals surface area contributed by atoms with E-state index >= 15 is 0 Å². The molecule has 1 aromatic heterocycles. The van der Waals surface area contributed by atoms with E-state index in [4.69, 9.17) is 4.74 Å². The number of carbonyl (C=O) groups is 2. The van der Waals surface area contributed by atoms with Crippen molar-refractivity contribution in [3.63, 3.8) is 0 Å². The molecule has 0 saturated carbocycles. The molecule has 0 aliphatic heterocycles. The molecule has 3 rings (SSSR count). The predicted molar refractivity (Wildman–Crippen MR) is 105 cm³/mol. The number of aryl methyl sites for hydroxylation is 1. The molecule has 0 atom stereocenters. The maximum Gasteiger partial charge on any atom is 0.332 e. The third kappa shape index (κ3) is 4.83. The number of ether oxygens (including phenoxy) is 2. The monoisotopic (exact) mass is 379 g/mol. The first-order valence-electron chi connectivity index (χ1n) is 8.74. The van der Waals surface area contributed by atoms with Gasteiger partial charge in [-0.25, -0.2) is 9.48 Å². The maximum absolute atomic E-state index is 12.2. The molecule has 7 nitrogen and oxygen atoms in total. The molecule has 0 aliphatic carbocycles. The first kappa shape index (κ1) is 19.3. The van der Waals surface area contributed by atoms with Gasteiger partial charge in [-0.15, -0.1) is 0 Å². The maximum atomic E-state index is 12.2. The molecule has 0 unspecified atom stereocenters. The molecule has 0 saturated heterocycles. The quantitative estimate of drug-likeness (QED) is 0.638. The molecule has 144 valence electrons. The number of nitrogens with zero attached hydrogens (tertiary/aromatic N) is 2. The Balaban J connectivity index is 1.85. The molecular formula is C21H21N3O4. The van der Waals surface area contributed by atoms with Crippen molar-refractivity contribution in [1.29, 1.82) is 0 Å². The molecule has 28 heavy (non-hydrogen) atoms. The summed E-state index contributed by atoms with van der Waals surface area (Å²) in [6.45, 7) is 1.41. The van der Waals surface area contributed by atoms with Crippen molar-refractivity contribution in [1.82, 2.24) is 9.78 Å².